The van der Waals surface area contributed by atoms with Gasteiger partial charge in [-0.2, -0.15) is 0 Å². The largest absolute Gasteiger partial charge is 0.472 e. The summed E-state index contributed by atoms with van der Waals surface area (Å²) < 4.78 is 33.1. The van der Waals surface area contributed by atoms with Crippen LogP contribution in [0.15, 0.2) is 182 Å². The van der Waals surface area contributed by atoms with Crippen molar-refractivity contribution in [1.29, 1.82) is 0 Å². The number of ether oxygens (including phenoxy) is 2. The molecule has 0 aliphatic rings. The lowest BCUT2D eigenvalue weighted by molar-refractivity contribution is -0.161. The lowest BCUT2D eigenvalue weighted by Gasteiger charge is -2.19. The molecular formula is C71H112NO8P. The van der Waals surface area contributed by atoms with Gasteiger partial charge in [-0.05, 0) is 135 Å². The van der Waals surface area contributed by atoms with Gasteiger partial charge in [0, 0.05) is 19.4 Å². The van der Waals surface area contributed by atoms with Gasteiger partial charge in [0.2, 0.25) is 0 Å². The number of nitrogens with two attached hydrogens (primary N) is 1. The first-order chi connectivity index (χ1) is 39.8. The number of hydrogen-bond donors (Lipinski definition) is 2. The molecule has 0 heterocycles. The zero-order chi connectivity index (χ0) is 58.7. The van der Waals surface area contributed by atoms with Crippen LogP contribution in [0.1, 0.15) is 219 Å². The summed E-state index contributed by atoms with van der Waals surface area (Å²) in [4.78, 5) is 35.3. The number of allylic oxidation sites excluding steroid dienone is 30. The Balaban J connectivity index is 4.09. The van der Waals surface area contributed by atoms with Gasteiger partial charge in [-0.3, -0.25) is 18.6 Å². The van der Waals surface area contributed by atoms with Gasteiger partial charge in [-0.15, -0.1) is 0 Å². The van der Waals surface area contributed by atoms with E-state index in [1.165, 1.54) is 25.7 Å². The molecule has 2 unspecified atom stereocenters. The minimum Gasteiger partial charge on any atom is -0.462 e. The van der Waals surface area contributed by atoms with Gasteiger partial charge in [0.1, 0.15) is 6.61 Å². The van der Waals surface area contributed by atoms with E-state index in [0.717, 1.165) is 154 Å². The average Bonchev–Trinajstić information content (AvgIpc) is 3.46. The normalized spacial score (nSPS) is 14.3. The Hall–Kier alpha value is -4.89. The molecule has 0 saturated carbocycles. The first kappa shape index (κ1) is 76.1. The van der Waals surface area contributed by atoms with E-state index in [1.807, 2.05) is 0 Å². The Morgan fingerprint density at radius 1 is 0.370 bits per heavy atom. The van der Waals surface area contributed by atoms with Gasteiger partial charge < -0.3 is 20.1 Å². The molecule has 10 heteroatoms. The minimum atomic E-state index is -4.41. The van der Waals surface area contributed by atoms with Crippen molar-refractivity contribution in [3.05, 3.63) is 182 Å². The fourth-order valence-electron chi connectivity index (χ4n) is 7.75. The summed E-state index contributed by atoms with van der Waals surface area (Å²) in [6.07, 6.45) is 96.6. The molecule has 0 aliphatic carbocycles. The van der Waals surface area contributed by atoms with Crippen LogP contribution >= 0.6 is 7.82 Å². The van der Waals surface area contributed by atoms with E-state index in [2.05, 4.69) is 196 Å². The Morgan fingerprint density at radius 3 is 0.951 bits per heavy atom. The SMILES string of the molecule is CC/C=C\C/C=C\C/C=C\C/C=C\C/C=C\C/C=C\C/C=C\C/C=C\CCCCCCCCCCC(=O)OC(COC(=O)CCCCCCC/C=C\C/C=C\C/C=C\C/C=C\C/C=C\C/C=C\C/C=C\CC)COP(=O)(O)OCCN. The van der Waals surface area contributed by atoms with E-state index < -0.39 is 32.5 Å². The molecular weight excluding hydrogens is 1030 g/mol. The van der Waals surface area contributed by atoms with Gasteiger partial charge in [-0.1, -0.05) is 254 Å². The van der Waals surface area contributed by atoms with Crippen molar-refractivity contribution in [3.8, 4) is 0 Å². The van der Waals surface area contributed by atoms with E-state index in [1.54, 1.807) is 0 Å². The molecule has 0 spiro atoms. The molecule has 9 nitrogen and oxygen atoms in total. The van der Waals surface area contributed by atoms with Crippen LogP contribution in [-0.2, 0) is 32.7 Å². The van der Waals surface area contributed by atoms with Crippen molar-refractivity contribution in [2.24, 2.45) is 5.73 Å². The molecule has 0 amide bonds. The van der Waals surface area contributed by atoms with Crippen LogP contribution in [0.5, 0.6) is 0 Å². The fraction of sp³-hybridized carbons (Fsp3) is 0.549. The van der Waals surface area contributed by atoms with E-state index >= 15 is 0 Å². The molecule has 0 saturated heterocycles. The standard InChI is InChI=1S/C71H112NO8P/c1-3-5-7-9-11-13-15-17-19-21-23-25-27-29-31-32-33-34-35-36-38-40-42-44-46-48-50-52-54-56-58-60-62-64-71(74)80-69(68-79-81(75,76)78-66-65-72)67-77-70(73)63-61-59-57-55-53-51-49-47-45-43-41-39-37-30-28-26-24-22-20-18-16-14-12-10-8-6-4-2/h5-8,11-14,17-20,23-26,29-31,33-34,36-38,41-44,47,49,69H,3-4,9-10,15-16,21-22,27-28,32,35,39-40,45-46,48,50-68,72H2,1-2H3,(H,75,76)/b7-5-,8-6-,13-11-,14-12-,19-17-,20-18-,25-23-,26-24-,31-29-,34-33-,37-30-,38-36-,43-41-,44-42-,49-47-. The highest BCUT2D eigenvalue weighted by atomic mass is 31.2. The first-order valence-corrected chi connectivity index (χ1v) is 32.8. The number of hydrogen-bond acceptors (Lipinski definition) is 8. The molecule has 0 aromatic heterocycles. The van der Waals surface area contributed by atoms with E-state index in [-0.39, 0.29) is 32.6 Å². The third-order valence-electron chi connectivity index (χ3n) is 12.3. The maximum absolute atomic E-state index is 12.7. The summed E-state index contributed by atoms with van der Waals surface area (Å²) >= 11 is 0. The Morgan fingerprint density at radius 2 is 0.642 bits per heavy atom. The highest BCUT2D eigenvalue weighted by Gasteiger charge is 2.26. The molecule has 3 N–H and O–H groups in total. The number of phosphoric acid groups is 1. The summed E-state index contributed by atoms with van der Waals surface area (Å²) in [6, 6.07) is 0. The molecule has 0 aromatic rings. The predicted octanol–water partition coefficient (Wildman–Crippen LogP) is 20.4. The number of phosphoric ester groups is 1. The van der Waals surface area contributed by atoms with Crippen molar-refractivity contribution in [1.82, 2.24) is 0 Å². The summed E-state index contributed by atoms with van der Waals surface area (Å²) in [5.74, 6) is -0.875. The van der Waals surface area contributed by atoms with Crippen molar-refractivity contribution in [3.63, 3.8) is 0 Å². The number of carbonyl (C=O) groups is 2. The van der Waals surface area contributed by atoms with Gasteiger partial charge in [0.25, 0.3) is 0 Å². The van der Waals surface area contributed by atoms with Crippen LogP contribution in [0.2, 0.25) is 0 Å². The van der Waals surface area contributed by atoms with Crippen LogP contribution in [0.3, 0.4) is 0 Å². The zero-order valence-electron chi connectivity index (χ0n) is 50.7. The topological polar surface area (TPSA) is 134 Å². The lowest BCUT2D eigenvalue weighted by Crippen LogP contribution is -2.29. The van der Waals surface area contributed by atoms with Crippen LogP contribution in [0.25, 0.3) is 0 Å². The third-order valence-corrected chi connectivity index (χ3v) is 13.3. The average molecular weight is 1140 g/mol. The Labute approximate surface area is 494 Å². The van der Waals surface area contributed by atoms with E-state index in [0.29, 0.717) is 12.8 Å². The first-order valence-electron chi connectivity index (χ1n) is 31.3. The van der Waals surface area contributed by atoms with E-state index in [9.17, 15) is 19.0 Å². The summed E-state index contributed by atoms with van der Waals surface area (Å²) in [5.41, 5.74) is 5.39. The van der Waals surface area contributed by atoms with Gasteiger partial charge in [0.05, 0.1) is 13.2 Å². The second-order valence-corrected chi connectivity index (χ2v) is 21.3. The maximum atomic E-state index is 12.7. The molecule has 0 fully saturated rings. The van der Waals surface area contributed by atoms with Gasteiger partial charge in [0.15, 0.2) is 6.10 Å². The quantitative estimate of drug-likeness (QED) is 0.0264. The Bertz CT molecular complexity index is 1980. The molecule has 81 heavy (non-hydrogen) atoms. The molecule has 0 rings (SSSR count). The monoisotopic (exact) mass is 1140 g/mol. The van der Waals surface area contributed by atoms with Crippen molar-refractivity contribution in [2.75, 3.05) is 26.4 Å². The van der Waals surface area contributed by atoms with Gasteiger partial charge >= 0.3 is 19.8 Å². The summed E-state index contributed by atoms with van der Waals surface area (Å²) in [5, 5.41) is 0. The van der Waals surface area contributed by atoms with Crippen molar-refractivity contribution < 1.29 is 37.6 Å². The predicted molar refractivity (Wildman–Crippen MR) is 348 cm³/mol. The smallest absolute Gasteiger partial charge is 0.462 e. The van der Waals surface area contributed by atoms with E-state index in [4.69, 9.17) is 24.3 Å². The summed E-state index contributed by atoms with van der Waals surface area (Å²) in [7, 11) is -4.41. The van der Waals surface area contributed by atoms with Crippen LogP contribution in [-0.4, -0.2) is 49.3 Å². The number of rotatable bonds is 56. The second-order valence-electron chi connectivity index (χ2n) is 19.8. The Kier molecular flexibility index (Phi) is 60.4. The highest BCUT2D eigenvalue weighted by Crippen LogP contribution is 2.43. The summed E-state index contributed by atoms with van der Waals surface area (Å²) in [6.45, 7) is 3.46. The second kappa shape index (κ2) is 64.3. The minimum absolute atomic E-state index is 0.0383. The van der Waals surface area contributed by atoms with Crippen LogP contribution < -0.4 is 5.73 Å². The maximum Gasteiger partial charge on any atom is 0.472 e. The molecule has 2 atom stereocenters. The molecule has 0 aromatic carbocycles. The van der Waals surface area contributed by atoms with Gasteiger partial charge in [-0.25, -0.2) is 4.57 Å². The van der Waals surface area contributed by atoms with Crippen LogP contribution in [0, 0.1) is 0 Å². The molecule has 0 bridgehead atoms. The number of carbonyl (C=O) groups excluding carboxylic acids is 2. The zero-order valence-corrected chi connectivity index (χ0v) is 51.6. The molecule has 454 valence electrons. The number of esters is 2. The van der Waals surface area contributed by atoms with Crippen LogP contribution in [0.4, 0.5) is 0 Å². The highest BCUT2D eigenvalue weighted by molar-refractivity contribution is 7.47. The molecule has 0 radical (unpaired) electrons. The fourth-order valence-corrected chi connectivity index (χ4v) is 8.51. The lowest BCUT2D eigenvalue weighted by atomic mass is 10.1. The molecule has 0 aliphatic heterocycles. The van der Waals surface area contributed by atoms with Crippen molar-refractivity contribution in [2.45, 2.75) is 225 Å². The van der Waals surface area contributed by atoms with Crippen molar-refractivity contribution >= 4 is 19.8 Å². The third kappa shape index (κ3) is 64.1. The number of unbranched alkanes of at least 4 members (excludes halogenated alkanes) is 13.